The van der Waals surface area contributed by atoms with E-state index in [9.17, 15) is 9.59 Å². The van der Waals surface area contributed by atoms with Crippen molar-refractivity contribution in [2.24, 2.45) is 0 Å². The van der Waals surface area contributed by atoms with Gasteiger partial charge in [0.15, 0.2) is 6.10 Å². The van der Waals surface area contributed by atoms with Crippen molar-refractivity contribution in [2.45, 2.75) is 19.4 Å². The van der Waals surface area contributed by atoms with E-state index in [-0.39, 0.29) is 18.9 Å². The number of carboxylic acid groups (broad SMARTS) is 1. The van der Waals surface area contributed by atoms with Crippen molar-refractivity contribution in [3.05, 3.63) is 35.4 Å². The standard InChI is InChI=1S/C13H17NO4/c1-9-3-5-10(6-4-9)7-12(15)14-8-11(18-2)13(16)17/h3-6,11H,7-8H2,1-2H3,(H,14,15)(H,16,17). The second kappa shape index (κ2) is 6.76. The second-order valence-electron chi connectivity index (χ2n) is 4.03. The SMILES string of the molecule is COC(CNC(=O)Cc1ccc(C)cc1)C(=O)O. The molecule has 1 aromatic rings. The lowest BCUT2D eigenvalue weighted by Crippen LogP contribution is -2.38. The van der Waals surface area contributed by atoms with Gasteiger partial charge in [0.25, 0.3) is 0 Å². The van der Waals surface area contributed by atoms with Crippen molar-refractivity contribution in [3.63, 3.8) is 0 Å². The number of methoxy groups -OCH3 is 1. The third-order valence-corrected chi connectivity index (χ3v) is 2.53. The minimum Gasteiger partial charge on any atom is -0.479 e. The summed E-state index contributed by atoms with van der Waals surface area (Å²) in [6, 6.07) is 7.61. The van der Waals surface area contributed by atoms with Gasteiger partial charge in [-0.05, 0) is 12.5 Å². The van der Waals surface area contributed by atoms with E-state index >= 15 is 0 Å². The van der Waals surface area contributed by atoms with Crippen LogP contribution in [0.3, 0.4) is 0 Å². The highest BCUT2D eigenvalue weighted by molar-refractivity contribution is 5.80. The van der Waals surface area contributed by atoms with Crippen molar-refractivity contribution >= 4 is 11.9 Å². The molecular weight excluding hydrogens is 234 g/mol. The molecule has 98 valence electrons. The zero-order chi connectivity index (χ0) is 13.5. The average Bonchev–Trinajstić information content (AvgIpc) is 2.32. The van der Waals surface area contributed by atoms with E-state index in [0.717, 1.165) is 11.1 Å². The second-order valence-corrected chi connectivity index (χ2v) is 4.03. The summed E-state index contributed by atoms with van der Waals surface area (Å²) in [6.45, 7) is 1.94. The van der Waals surface area contributed by atoms with Gasteiger partial charge < -0.3 is 15.2 Å². The predicted octanol–water partition coefficient (Wildman–Crippen LogP) is 0.753. The third kappa shape index (κ3) is 4.55. The molecule has 5 heteroatoms. The smallest absolute Gasteiger partial charge is 0.334 e. The van der Waals surface area contributed by atoms with Crippen molar-refractivity contribution in [2.75, 3.05) is 13.7 Å². The van der Waals surface area contributed by atoms with E-state index in [1.807, 2.05) is 31.2 Å². The van der Waals surface area contributed by atoms with Gasteiger partial charge in [-0.1, -0.05) is 29.8 Å². The molecule has 1 aromatic carbocycles. The number of aryl methyl sites for hydroxylation is 1. The zero-order valence-corrected chi connectivity index (χ0v) is 10.5. The fourth-order valence-electron chi connectivity index (χ4n) is 1.43. The number of amides is 1. The summed E-state index contributed by atoms with van der Waals surface area (Å²) in [5.41, 5.74) is 2.02. The van der Waals surface area contributed by atoms with E-state index in [4.69, 9.17) is 9.84 Å². The maximum absolute atomic E-state index is 11.6. The molecule has 1 amide bonds. The number of carbonyl (C=O) groups excluding carboxylic acids is 1. The topological polar surface area (TPSA) is 75.6 Å². The minimum atomic E-state index is -1.09. The van der Waals surface area contributed by atoms with Crippen molar-refractivity contribution in [1.29, 1.82) is 0 Å². The Morgan fingerprint density at radius 3 is 2.44 bits per heavy atom. The molecule has 1 atom stereocenters. The van der Waals surface area contributed by atoms with Gasteiger partial charge in [0, 0.05) is 7.11 Å². The van der Waals surface area contributed by atoms with Gasteiger partial charge in [-0.3, -0.25) is 4.79 Å². The van der Waals surface area contributed by atoms with Crippen LogP contribution in [-0.4, -0.2) is 36.7 Å². The monoisotopic (exact) mass is 251 g/mol. The molecular formula is C13H17NO4. The number of hydrogen-bond acceptors (Lipinski definition) is 3. The van der Waals surface area contributed by atoms with Gasteiger partial charge in [0.05, 0.1) is 13.0 Å². The van der Waals surface area contributed by atoms with Crippen LogP contribution in [0.5, 0.6) is 0 Å². The Bertz CT molecular complexity index is 414. The summed E-state index contributed by atoms with van der Waals surface area (Å²) < 4.78 is 4.71. The Labute approximate surface area is 106 Å². The first-order chi connectivity index (χ1) is 8.52. The van der Waals surface area contributed by atoms with Crippen LogP contribution < -0.4 is 5.32 Å². The van der Waals surface area contributed by atoms with Crippen molar-refractivity contribution < 1.29 is 19.4 Å². The lowest BCUT2D eigenvalue weighted by molar-refractivity contribution is -0.148. The maximum Gasteiger partial charge on any atom is 0.334 e. The van der Waals surface area contributed by atoms with Gasteiger partial charge >= 0.3 is 5.97 Å². The van der Waals surface area contributed by atoms with Gasteiger partial charge in [-0.2, -0.15) is 0 Å². The van der Waals surface area contributed by atoms with Crippen LogP contribution in [-0.2, 0) is 20.7 Å². The van der Waals surface area contributed by atoms with E-state index in [1.165, 1.54) is 7.11 Å². The lowest BCUT2D eigenvalue weighted by atomic mass is 10.1. The van der Waals surface area contributed by atoms with Crippen molar-refractivity contribution in [3.8, 4) is 0 Å². The molecule has 0 aliphatic rings. The van der Waals surface area contributed by atoms with Crippen LogP contribution in [0, 0.1) is 6.92 Å². The van der Waals surface area contributed by atoms with Crippen LogP contribution in [0.2, 0.25) is 0 Å². The Hall–Kier alpha value is -1.88. The number of benzene rings is 1. The molecule has 0 heterocycles. The fraction of sp³-hybridized carbons (Fsp3) is 0.385. The average molecular weight is 251 g/mol. The largest absolute Gasteiger partial charge is 0.479 e. The number of rotatable bonds is 6. The Balaban J connectivity index is 2.42. The Morgan fingerprint density at radius 1 is 1.33 bits per heavy atom. The van der Waals surface area contributed by atoms with Gasteiger partial charge in [-0.15, -0.1) is 0 Å². The zero-order valence-electron chi connectivity index (χ0n) is 10.5. The molecule has 18 heavy (non-hydrogen) atoms. The molecule has 0 radical (unpaired) electrons. The molecule has 0 saturated heterocycles. The normalized spacial score (nSPS) is 11.9. The highest BCUT2D eigenvalue weighted by atomic mass is 16.5. The Morgan fingerprint density at radius 2 is 1.94 bits per heavy atom. The summed E-state index contributed by atoms with van der Waals surface area (Å²) in [5, 5.41) is 11.3. The van der Waals surface area contributed by atoms with Crippen LogP contribution in [0.25, 0.3) is 0 Å². The quantitative estimate of drug-likeness (QED) is 0.782. The molecule has 0 fully saturated rings. The van der Waals surface area contributed by atoms with Crippen molar-refractivity contribution in [1.82, 2.24) is 5.32 Å². The van der Waals surface area contributed by atoms with E-state index < -0.39 is 12.1 Å². The van der Waals surface area contributed by atoms with Crippen LogP contribution in [0.1, 0.15) is 11.1 Å². The van der Waals surface area contributed by atoms with Crippen LogP contribution >= 0.6 is 0 Å². The molecule has 0 aliphatic carbocycles. The number of aliphatic carboxylic acids is 1. The summed E-state index contributed by atoms with van der Waals surface area (Å²) in [5.74, 6) is -1.31. The number of carboxylic acids is 1. The van der Waals surface area contributed by atoms with Gasteiger partial charge in [-0.25, -0.2) is 4.79 Å². The molecule has 1 unspecified atom stereocenters. The molecule has 0 aromatic heterocycles. The minimum absolute atomic E-state index is 0.0312. The number of carbonyl (C=O) groups is 2. The highest BCUT2D eigenvalue weighted by Gasteiger charge is 2.16. The summed E-state index contributed by atoms with van der Waals surface area (Å²) in [6.07, 6.45) is -0.775. The number of hydrogen-bond donors (Lipinski definition) is 2. The first-order valence-electron chi connectivity index (χ1n) is 5.60. The van der Waals surface area contributed by atoms with E-state index in [0.29, 0.717) is 0 Å². The van der Waals surface area contributed by atoms with Gasteiger partial charge in [0.1, 0.15) is 0 Å². The molecule has 1 rings (SSSR count). The van der Waals surface area contributed by atoms with Gasteiger partial charge in [0.2, 0.25) is 5.91 Å². The molecule has 0 saturated carbocycles. The molecule has 0 aliphatic heterocycles. The fourth-order valence-corrected chi connectivity index (χ4v) is 1.43. The summed E-state index contributed by atoms with van der Waals surface area (Å²) in [4.78, 5) is 22.2. The number of nitrogens with one attached hydrogen (secondary N) is 1. The first-order valence-corrected chi connectivity index (χ1v) is 5.60. The first kappa shape index (κ1) is 14.2. The molecule has 2 N–H and O–H groups in total. The number of ether oxygens (including phenoxy) is 1. The third-order valence-electron chi connectivity index (χ3n) is 2.53. The van der Waals surface area contributed by atoms with E-state index in [1.54, 1.807) is 0 Å². The highest BCUT2D eigenvalue weighted by Crippen LogP contribution is 2.03. The lowest BCUT2D eigenvalue weighted by Gasteiger charge is -2.11. The maximum atomic E-state index is 11.6. The van der Waals surface area contributed by atoms with Crippen LogP contribution in [0.4, 0.5) is 0 Å². The van der Waals surface area contributed by atoms with E-state index in [2.05, 4.69) is 5.32 Å². The summed E-state index contributed by atoms with van der Waals surface area (Å²) >= 11 is 0. The Kier molecular flexibility index (Phi) is 5.32. The predicted molar refractivity (Wildman–Crippen MR) is 66.3 cm³/mol. The molecule has 0 bridgehead atoms. The summed E-state index contributed by atoms with van der Waals surface area (Å²) in [7, 11) is 1.30. The van der Waals surface area contributed by atoms with Crippen LogP contribution in [0.15, 0.2) is 24.3 Å². The molecule has 0 spiro atoms. The molecule has 5 nitrogen and oxygen atoms in total.